The molecule has 4 rings (SSSR count). The van der Waals surface area contributed by atoms with Crippen LogP contribution in [0.4, 0.5) is 13.2 Å². The molecule has 0 unspecified atom stereocenters. The van der Waals surface area contributed by atoms with Gasteiger partial charge in [-0.3, -0.25) is 4.79 Å². The average molecular weight is 389 g/mol. The van der Waals surface area contributed by atoms with E-state index in [1.54, 1.807) is 30.3 Å². The van der Waals surface area contributed by atoms with Gasteiger partial charge in [0.15, 0.2) is 11.4 Å². The molecule has 5 nitrogen and oxygen atoms in total. The van der Waals surface area contributed by atoms with Gasteiger partial charge < -0.3 is 4.74 Å². The smallest absolute Gasteiger partial charge is 0.417 e. The molecule has 2 heterocycles. The number of benzene rings is 1. The number of pyridine rings is 1. The molecule has 0 bridgehead atoms. The van der Waals surface area contributed by atoms with Gasteiger partial charge in [0.1, 0.15) is 12.3 Å². The number of ether oxygens (including phenoxy) is 1. The van der Waals surface area contributed by atoms with Crippen molar-refractivity contribution in [3.05, 3.63) is 42.0 Å². The first-order valence-electron chi connectivity index (χ1n) is 8.98. The SMILES string of the molecule is Cn1nc(-c2ccccc2)c2c(C(F)(F)F)cc(OCC(=O)CC3CC3)nc21. The Hall–Kier alpha value is -2.90. The number of carbonyl (C=O) groups excluding carboxylic acids is 1. The van der Waals surface area contributed by atoms with Crippen LogP contribution in [0.3, 0.4) is 0 Å². The quantitative estimate of drug-likeness (QED) is 0.627. The standard InChI is InChI=1S/C20H18F3N3O2/c1-26-19-17(18(25-26)13-5-3-2-4-6-13)15(20(21,22)23)10-16(24-19)28-11-14(27)9-12-7-8-12/h2-6,10,12H,7-9,11H2,1H3. The Morgan fingerprint density at radius 1 is 1.25 bits per heavy atom. The molecule has 146 valence electrons. The summed E-state index contributed by atoms with van der Waals surface area (Å²) in [6.07, 6.45) is -2.18. The number of alkyl halides is 3. The van der Waals surface area contributed by atoms with Gasteiger partial charge in [-0.05, 0) is 18.8 Å². The minimum atomic E-state index is -4.62. The van der Waals surface area contributed by atoms with Crippen LogP contribution >= 0.6 is 0 Å². The molecule has 1 aromatic carbocycles. The summed E-state index contributed by atoms with van der Waals surface area (Å²) in [6.45, 7) is -0.282. The van der Waals surface area contributed by atoms with Crippen molar-refractivity contribution in [3.8, 4) is 17.1 Å². The fraction of sp³-hybridized carbons (Fsp3) is 0.350. The Kier molecular flexibility index (Phi) is 4.56. The third-order valence-corrected chi connectivity index (χ3v) is 4.72. The number of fused-ring (bicyclic) bond motifs is 1. The molecular weight excluding hydrogens is 371 g/mol. The van der Waals surface area contributed by atoms with Crippen molar-refractivity contribution in [2.24, 2.45) is 13.0 Å². The van der Waals surface area contributed by atoms with E-state index in [4.69, 9.17) is 4.74 Å². The van der Waals surface area contributed by atoms with Gasteiger partial charge in [-0.25, -0.2) is 4.68 Å². The first-order chi connectivity index (χ1) is 13.3. The van der Waals surface area contributed by atoms with Crippen molar-refractivity contribution in [2.45, 2.75) is 25.4 Å². The molecule has 0 saturated heterocycles. The van der Waals surface area contributed by atoms with Crippen molar-refractivity contribution in [1.82, 2.24) is 14.8 Å². The summed E-state index contributed by atoms with van der Waals surface area (Å²) >= 11 is 0. The molecular formula is C20H18F3N3O2. The number of carbonyl (C=O) groups is 1. The highest BCUT2D eigenvalue weighted by atomic mass is 19.4. The van der Waals surface area contributed by atoms with E-state index in [-0.39, 0.29) is 35.0 Å². The number of aryl methyl sites for hydroxylation is 1. The summed E-state index contributed by atoms with van der Waals surface area (Å²) in [5, 5.41) is 4.16. The van der Waals surface area contributed by atoms with E-state index in [0.29, 0.717) is 17.9 Å². The monoisotopic (exact) mass is 389 g/mol. The van der Waals surface area contributed by atoms with Crippen LogP contribution in [-0.2, 0) is 18.0 Å². The second-order valence-electron chi connectivity index (χ2n) is 7.02. The molecule has 0 spiro atoms. The van der Waals surface area contributed by atoms with E-state index in [1.165, 1.54) is 11.7 Å². The zero-order chi connectivity index (χ0) is 19.9. The first kappa shape index (κ1) is 18.5. The molecule has 1 aliphatic rings. The van der Waals surface area contributed by atoms with Crippen LogP contribution in [-0.4, -0.2) is 27.2 Å². The predicted molar refractivity (Wildman–Crippen MR) is 96.8 cm³/mol. The highest BCUT2D eigenvalue weighted by Crippen LogP contribution is 2.40. The molecule has 0 atom stereocenters. The maximum Gasteiger partial charge on any atom is 0.417 e. The lowest BCUT2D eigenvalue weighted by Gasteiger charge is -2.12. The number of hydrogen-bond acceptors (Lipinski definition) is 4. The van der Waals surface area contributed by atoms with Crippen LogP contribution in [0.1, 0.15) is 24.8 Å². The fourth-order valence-electron chi connectivity index (χ4n) is 3.18. The van der Waals surface area contributed by atoms with E-state index in [0.717, 1.165) is 18.9 Å². The van der Waals surface area contributed by atoms with Gasteiger partial charge in [0, 0.05) is 25.1 Å². The van der Waals surface area contributed by atoms with E-state index >= 15 is 0 Å². The van der Waals surface area contributed by atoms with Crippen LogP contribution in [0.2, 0.25) is 0 Å². The number of halogens is 3. The lowest BCUT2D eigenvalue weighted by atomic mass is 10.0. The Bertz CT molecular complexity index is 1020. The molecule has 1 aliphatic carbocycles. The van der Waals surface area contributed by atoms with Gasteiger partial charge in [0.25, 0.3) is 0 Å². The van der Waals surface area contributed by atoms with Crippen molar-refractivity contribution < 1.29 is 22.7 Å². The van der Waals surface area contributed by atoms with Crippen molar-refractivity contribution in [2.75, 3.05) is 6.61 Å². The van der Waals surface area contributed by atoms with Crippen molar-refractivity contribution >= 4 is 16.8 Å². The number of aromatic nitrogens is 3. The van der Waals surface area contributed by atoms with E-state index in [1.807, 2.05) is 0 Å². The maximum atomic E-state index is 13.8. The molecule has 2 aromatic heterocycles. The lowest BCUT2D eigenvalue weighted by molar-refractivity contribution is -0.136. The third kappa shape index (κ3) is 3.72. The molecule has 0 N–H and O–H groups in total. The molecule has 0 radical (unpaired) electrons. The summed E-state index contributed by atoms with van der Waals surface area (Å²) in [6, 6.07) is 9.49. The van der Waals surface area contributed by atoms with Crippen LogP contribution in [0, 0.1) is 5.92 Å². The Balaban J connectivity index is 1.75. The van der Waals surface area contributed by atoms with Gasteiger partial charge in [0.2, 0.25) is 5.88 Å². The predicted octanol–water partition coefficient (Wildman–Crippen LogP) is 4.40. The lowest BCUT2D eigenvalue weighted by Crippen LogP contribution is -2.14. The average Bonchev–Trinajstić information content (AvgIpc) is 3.41. The molecule has 0 amide bonds. The highest BCUT2D eigenvalue weighted by molar-refractivity contribution is 5.94. The van der Waals surface area contributed by atoms with Crippen molar-refractivity contribution in [3.63, 3.8) is 0 Å². The fourth-order valence-corrected chi connectivity index (χ4v) is 3.18. The minimum absolute atomic E-state index is 0.0540. The van der Waals surface area contributed by atoms with Gasteiger partial charge >= 0.3 is 6.18 Å². The Labute approximate surface area is 159 Å². The molecule has 28 heavy (non-hydrogen) atoms. The normalized spacial score (nSPS) is 14.4. The second kappa shape index (κ2) is 6.92. The number of rotatable bonds is 6. The van der Waals surface area contributed by atoms with E-state index < -0.39 is 11.7 Å². The first-order valence-corrected chi connectivity index (χ1v) is 8.98. The molecule has 1 saturated carbocycles. The number of nitrogens with zero attached hydrogens (tertiary/aromatic N) is 3. The Morgan fingerprint density at radius 2 is 1.96 bits per heavy atom. The summed E-state index contributed by atoms with van der Waals surface area (Å²) in [4.78, 5) is 16.1. The van der Waals surface area contributed by atoms with Crippen LogP contribution in [0.5, 0.6) is 5.88 Å². The van der Waals surface area contributed by atoms with Gasteiger partial charge in [-0.2, -0.15) is 23.3 Å². The van der Waals surface area contributed by atoms with Gasteiger partial charge in [-0.15, -0.1) is 0 Å². The largest absolute Gasteiger partial charge is 0.470 e. The third-order valence-electron chi connectivity index (χ3n) is 4.72. The zero-order valence-electron chi connectivity index (χ0n) is 15.2. The topological polar surface area (TPSA) is 57.0 Å². The second-order valence-corrected chi connectivity index (χ2v) is 7.02. The maximum absolute atomic E-state index is 13.8. The Morgan fingerprint density at radius 3 is 2.61 bits per heavy atom. The van der Waals surface area contributed by atoms with Crippen LogP contribution in [0.15, 0.2) is 36.4 Å². The molecule has 1 fully saturated rings. The van der Waals surface area contributed by atoms with E-state index in [9.17, 15) is 18.0 Å². The number of Topliss-reactive ketones (excluding diaryl/α,β-unsaturated/α-hetero) is 1. The number of ketones is 1. The van der Waals surface area contributed by atoms with Crippen molar-refractivity contribution in [1.29, 1.82) is 0 Å². The summed E-state index contributed by atoms with van der Waals surface area (Å²) in [7, 11) is 1.53. The molecule has 8 heteroatoms. The molecule has 0 aliphatic heterocycles. The summed E-state index contributed by atoms with van der Waals surface area (Å²) < 4.78 is 48.0. The van der Waals surface area contributed by atoms with Gasteiger partial charge in [0.05, 0.1) is 10.9 Å². The van der Waals surface area contributed by atoms with E-state index in [2.05, 4.69) is 10.1 Å². The minimum Gasteiger partial charge on any atom is -0.470 e. The van der Waals surface area contributed by atoms with Gasteiger partial charge in [-0.1, -0.05) is 30.3 Å². The zero-order valence-corrected chi connectivity index (χ0v) is 15.2. The number of hydrogen-bond donors (Lipinski definition) is 0. The summed E-state index contributed by atoms with van der Waals surface area (Å²) in [5.41, 5.74) is -0.0598. The molecule has 3 aromatic rings. The highest BCUT2D eigenvalue weighted by Gasteiger charge is 2.36. The van der Waals surface area contributed by atoms with Crippen LogP contribution < -0.4 is 4.74 Å². The summed E-state index contributed by atoms with van der Waals surface area (Å²) in [5.74, 6) is 0.0299. The van der Waals surface area contributed by atoms with Crippen LogP contribution in [0.25, 0.3) is 22.3 Å².